The number of carbonyl (C=O) groups is 3. The summed E-state index contributed by atoms with van der Waals surface area (Å²) in [6, 6.07) is 0. The van der Waals surface area contributed by atoms with E-state index in [1.54, 1.807) is 0 Å². The Labute approximate surface area is 512 Å². The minimum Gasteiger partial charge on any atom is -0.462 e. The number of rotatable bonds is 69. The minimum absolute atomic E-state index is 0.0648. The topological polar surface area (TPSA) is 78.9 Å². The third-order valence-electron chi connectivity index (χ3n) is 16.9. The van der Waals surface area contributed by atoms with Crippen molar-refractivity contribution in [2.75, 3.05) is 13.2 Å². The Morgan fingerprint density at radius 2 is 0.439 bits per heavy atom. The van der Waals surface area contributed by atoms with Crippen LogP contribution in [0.5, 0.6) is 0 Å². The molecule has 0 aliphatic carbocycles. The smallest absolute Gasteiger partial charge is 0.306 e. The second-order valence-corrected chi connectivity index (χ2v) is 25.2. The Morgan fingerprint density at radius 1 is 0.244 bits per heavy atom. The van der Waals surface area contributed by atoms with Crippen molar-refractivity contribution in [3.63, 3.8) is 0 Å². The molecule has 1 unspecified atom stereocenters. The zero-order valence-electron chi connectivity index (χ0n) is 55.5. The highest BCUT2D eigenvalue weighted by atomic mass is 16.6. The lowest BCUT2D eigenvalue weighted by Crippen LogP contribution is -2.30. The summed E-state index contributed by atoms with van der Waals surface area (Å²) in [6.45, 7) is 6.72. The standard InChI is InChI=1S/C76H142O6/c1-4-7-10-13-16-19-22-25-28-30-32-34-35-36-37-38-39-40-41-42-44-45-48-51-54-57-60-63-66-69-75(78)81-72-73(71-80-74(77)68-65-62-59-56-53-50-47-27-24-21-18-15-12-9-6-3)82-76(79)70-67-64-61-58-55-52-49-46-43-33-31-29-26-23-20-17-14-11-8-5-2/h22,25,30,32,35-36,73H,4-21,23-24,26-29,31,33-34,37-72H2,1-3H3/b25-22-,32-30-,36-35-. The largest absolute Gasteiger partial charge is 0.462 e. The fourth-order valence-electron chi connectivity index (χ4n) is 11.3. The molecule has 0 aromatic heterocycles. The Morgan fingerprint density at radius 3 is 0.683 bits per heavy atom. The molecule has 0 amide bonds. The van der Waals surface area contributed by atoms with Gasteiger partial charge in [0.05, 0.1) is 0 Å². The first-order chi connectivity index (χ1) is 40.5. The number of carbonyl (C=O) groups excluding carboxylic acids is 3. The highest BCUT2D eigenvalue weighted by Gasteiger charge is 2.20. The second kappa shape index (κ2) is 71.1. The van der Waals surface area contributed by atoms with Gasteiger partial charge in [-0.3, -0.25) is 14.4 Å². The fourth-order valence-corrected chi connectivity index (χ4v) is 11.3. The van der Waals surface area contributed by atoms with E-state index in [1.165, 1.54) is 302 Å². The van der Waals surface area contributed by atoms with Gasteiger partial charge in [0, 0.05) is 19.3 Å². The molecule has 0 bridgehead atoms. The van der Waals surface area contributed by atoms with Gasteiger partial charge in [0.25, 0.3) is 0 Å². The molecule has 1 atom stereocenters. The van der Waals surface area contributed by atoms with E-state index in [0.717, 1.165) is 70.6 Å². The van der Waals surface area contributed by atoms with E-state index in [9.17, 15) is 14.4 Å². The molecular formula is C76H142O6. The summed E-state index contributed by atoms with van der Waals surface area (Å²) in [5.74, 6) is -0.831. The number of esters is 3. The quantitative estimate of drug-likeness (QED) is 0.0261. The Hall–Kier alpha value is -2.37. The van der Waals surface area contributed by atoms with Crippen molar-refractivity contribution in [2.24, 2.45) is 0 Å². The van der Waals surface area contributed by atoms with Gasteiger partial charge in [-0.1, -0.05) is 372 Å². The Balaban J connectivity index is 4.22. The van der Waals surface area contributed by atoms with E-state index in [4.69, 9.17) is 14.2 Å². The maximum Gasteiger partial charge on any atom is 0.306 e. The summed E-state index contributed by atoms with van der Waals surface area (Å²) in [6.07, 6.45) is 88.9. The molecule has 0 rings (SSSR count). The lowest BCUT2D eigenvalue weighted by molar-refractivity contribution is -0.167. The highest BCUT2D eigenvalue weighted by Crippen LogP contribution is 2.19. The third kappa shape index (κ3) is 68.4. The summed E-state index contributed by atoms with van der Waals surface area (Å²) in [4.78, 5) is 38.5. The summed E-state index contributed by atoms with van der Waals surface area (Å²) >= 11 is 0. The zero-order valence-corrected chi connectivity index (χ0v) is 55.5. The predicted molar refractivity (Wildman–Crippen MR) is 358 cm³/mol. The van der Waals surface area contributed by atoms with Gasteiger partial charge in [0.2, 0.25) is 0 Å². The molecule has 0 aromatic rings. The number of unbranched alkanes of at least 4 members (excludes halogenated alkanes) is 52. The number of hydrogen-bond donors (Lipinski definition) is 0. The number of ether oxygens (including phenoxy) is 3. The van der Waals surface area contributed by atoms with Crippen molar-refractivity contribution in [3.05, 3.63) is 36.5 Å². The molecule has 6 nitrogen and oxygen atoms in total. The monoisotopic (exact) mass is 1150 g/mol. The van der Waals surface area contributed by atoms with E-state index in [0.29, 0.717) is 19.3 Å². The van der Waals surface area contributed by atoms with Crippen LogP contribution in [0.1, 0.15) is 412 Å². The van der Waals surface area contributed by atoms with Gasteiger partial charge in [-0.05, 0) is 57.8 Å². The molecule has 0 spiro atoms. The van der Waals surface area contributed by atoms with Crippen LogP contribution in [0.4, 0.5) is 0 Å². The van der Waals surface area contributed by atoms with Crippen molar-refractivity contribution in [2.45, 2.75) is 419 Å². The molecular weight excluding hydrogens is 1010 g/mol. The molecule has 6 heteroatoms. The number of allylic oxidation sites excluding steroid dienone is 6. The zero-order chi connectivity index (χ0) is 59.2. The number of hydrogen-bond acceptors (Lipinski definition) is 6. The van der Waals surface area contributed by atoms with Crippen molar-refractivity contribution in [1.82, 2.24) is 0 Å². The average molecular weight is 1150 g/mol. The van der Waals surface area contributed by atoms with Gasteiger partial charge in [-0.15, -0.1) is 0 Å². The van der Waals surface area contributed by atoms with Crippen LogP contribution >= 0.6 is 0 Å². The van der Waals surface area contributed by atoms with Gasteiger partial charge in [-0.2, -0.15) is 0 Å². The second-order valence-electron chi connectivity index (χ2n) is 25.2. The van der Waals surface area contributed by atoms with Crippen molar-refractivity contribution in [1.29, 1.82) is 0 Å². The SMILES string of the molecule is CCCCCCC/C=C\C/C=C\C/C=C\CCCCCCCCCCCCCCCCC(=O)OCC(COC(=O)CCCCCCCCCCCCCCCCC)OC(=O)CCCCCCCCCCCCCCCCCCCCCC. The van der Waals surface area contributed by atoms with Gasteiger partial charge < -0.3 is 14.2 Å². The van der Waals surface area contributed by atoms with Gasteiger partial charge in [-0.25, -0.2) is 0 Å². The Kier molecular flexibility index (Phi) is 69.1. The molecule has 0 aliphatic rings. The average Bonchev–Trinajstić information content (AvgIpc) is 3.47. The molecule has 0 saturated carbocycles. The molecule has 0 heterocycles. The first-order valence-corrected chi connectivity index (χ1v) is 37.0. The lowest BCUT2D eigenvalue weighted by atomic mass is 10.0. The van der Waals surface area contributed by atoms with Crippen LogP contribution in [0.2, 0.25) is 0 Å². The first kappa shape index (κ1) is 79.6. The third-order valence-corrected chi connectivity index (χ3v) is 16.9. The normalized spacial score (nSPS) is 12.2. The van der Waals surface area contributed by atoms with Gasteiger partial charge in [0.15, 0.2) is 6.10 Å². The molecule has 0 aliphatic heterocycles. The van der Waals surface area contributed by atoms with Crippen LogP contribution < -0.4 is 0 Å². The molecule has 0 saturated heterocycles. The maximum atomic E-state index is 13.0. The fraction of sp³-hybridized carbons (Fsp3) is 0.882. The molecule has 82 heavy (non-hydrogen) atoms. The molecule has 0 radical (unpaired) electrons. The summed E-state index contributed by atoms with van der Waals surface area (Å²) < 4.78 is 17.0. The van der Waals surface area contributed by atoms with Crippen LogP contribution in [0, 0.1) is 0 Å². The van der Waals surface area contributed by atoms with Crippen LogP contribution in [-0.4, -0.2) is 37.2 Å². The maximum absolute atomic E-state index is 13.0. The summed E-state index contributed by atoms with van der Waals surface area (Å²) in [7, 11) is 0. The van der Waals surface area contributed by atoms with Crippen LogP contribution in [-0.2, 0) is 28.6 Å². The summed E-state index contributed by atoms with van der Waals surface area (Å²) in [5, 5.41) is 0. The van der Waals surface area contributed by atoms with Crippen molar-refractivity contribution >= 4 is 17.9 Å². The van der Waals surface area contributed by atoms with Crippen molar-refractivity contribution < 1.29 is 28.6 Å². The van der Waals surface area contributed by atoms with Crippen LogP contribution in [0.15, 0.2) is 36.5 Å². The lowest BCUT2D eigenvalue weighted by Gasteiger charge is -2.18. The van der Waals surface area contributed by atoms with Crippen LogP contribution in [0.3, 0.4) is 0 Å². The van der Waals surface area contributed by atoms with Gasteiger partial charge in [0.1, 0.15) is 13.2 Å². The van der Waals surface area contributed by atoms with Gasteiger partial charge >= 0.3 is 17.9 Å². The first-order valence-electron chi connectivity index (χ1n) is 37.0. The van der Waals surface area contributed by atoms with E-state index in [-0.39, 0.29) is 31.1 Å². The minimum atomic E-state index is -0.769. The van der Waals surface area contributed by atoms with E-state index in [2.05, 4.69) is 57.2 Å². The van der Waals surface area contributed by atoms with E-state index < -0.39 is 6.10 Å². The molecule has 482 valence electrons. The van der Waals surface area contributed by atoms with Crippen LogP contribution in [0.25, 0.3) is 0 Å². The summed E-state index contributed by atoms with van der Waals surface area (Å²) in [5.41, 5.74) is 0. The van der Waals surface area contributed by atoms with E-state index >= 15 is 0 Å². The van der Waals surface area contributed by atoms with Crippen molar-refractivity contribution in [3.8, 4) is 0 Å². The predicted octanol–water partition coefficient (Wildman–Crippen LogP) is 25.5. The highest BCUT2D eigenvalue weighted by molar-refractivity contribution is 5.71. The molecule has 0 N–H and O–H groups in total. The Bertz CT molecular complexity index is 1370. The molecule has 0 aromatic carbocycles. The molecule has 0 fully saturated rings. The van der Waals surface area contributed by atoms with E-state index in [1.807, 2.05) is 0 Å².